The molecule has 1 aromatic rings. The van der Waals surface area contributed by atoms with Gasteiger partial charge in [-0.2, -0.15) is 4.98 Å². The first-order valence-electron chi connectivity index (χ1n) is 10.4. The van der Waals surface area contributed by atoms with E-state index in [0.29, 0.717) is 0 Å². The maximum atomic E-state index is 12.4. The van der Waals surface area contributed by atoms with Gasteiger partial charge in [0.25, 0.3) is 0 Å². The second-order valence-corrected chi connectivity index (χ2v) is 7.40. The summed E-state index contributed by atoms with van der Waals surface area (Å²) in [5.74, 6) is -1.42. The summed E-state index contributed by atoms with van der Waals surface area (Å²) in [6.45, 7) is 2.81. The van der Waals surface area contributed by atoms with Crippen molar-refractivity contribution in [1.29, 1.82) is 0 Å². The molecule has 34 heavy (non-hydrogen) atoms. The Kier molecular flexibility index (Phi) is 10.5. The van der Waals surface area contributed by atoms with Crippen LogP contribution in [0.2, 0.25) is 0 Å². The molecule has 5 atom stereocenters. The van der Waals surface area contributed by atoms with Crippen molar-refractivity contribution in [3.63, 3.8) is 0 Å². The summed E-state index contributed by atoms with van der Waals surface area (Å²) in [6, 6.07) is 1.37. The monoisotopic (exact) mass is 487 g/mol. The van der Waals surface area contributed by atoms with Crippen molar-refractivity contribution in [3.05, 3.63) is 22.7 Å². The van der Waals surface area contributed by atoms with Crippen LogP contribution in [-0.4, -0.2) is 88.6 Å². The maximum Gasteiger partial charge on any atom is 0.351 e. The Balaban J connectivity index is 1.96. The zero-order chi connectivity index (χ0) is 25.3. The number of carbonyl (C=O) groups is 3. The Morgan fingerprint density at radius 2 is 2.00 bits per heavy atom. The highest BCUT2D eigenvalue weighted by atomic mass is 16.7. The third kappa shape index (κ3) is 8.14. The van der Waals surface area contributed by atoms with E-state index in [9.17, 15) is 29.4 Å². The number of carbonyl (C=O) groups excluding carboxylic acids is 3. The molecule has 1 aromatic heterocycles. The van der Waals surface area contributed by atoms with Crippen LogP contribution >= 0.6 is 0 Å². The Morgan fingerprint density at radius 1 is 1.26 bits per heavy atom. The lowest BCUT2D eigenvalue weighted by atomic mass is 10.1. The van der Waals surface area contributed by atoms with Crippen LogP contribution in [0.4, 0.5) is 5.82 Å². The van der Waals surface area contributed by atoms with Crippen LogP contribution in [0.15, 0.2) is 17.1 Å². The minimum atomic E-state index is -1.28. The van der Waals surface area contributed by atoms with Crippen molar-refractivity contribution in [2.75, 3.05) is 31.9 Å². The molecular weight excluding hydrogens is 458 g/mol. The smallest absolute Gasteiger partial charge is 0.351 e. The van der Waals surface area contributed by atoms with Crippen molar-refractivity contribution in [3.8, 4) is 0 Å². The summed E-state index contributed by atoms with van der Waals surface area (Å²) in [5, 5.41) is 22.3. The molecule has 1 unspecified atom stereocenters. The first-order valence-corrected chi connectivity index (χ1v) is 10.4. The van der Waals surface area contributed by atoms with Gasteiger partial charge in [0, 0.05) is 33.4 Å². The van der Waals surface area contributed by atoms with Crippen LogP contribution in [0.3, 0.4) is 0 Å². The molecule has 0 aromatic carbocycles. The number of ether oxygens (including phenoxy) is 5. The normalized spacial score (nSPS) is 22.7. The first kappa shape index (κ1) is 27.3. The predicted molar refractivity (Wildman–Crippen MR) is 112 cm³/mol. The molecule has 2 heterocycles. The van der Waals surface area contributed by atoms with E-state index in [-0.39, 0.29) is 32.2 Å². The van der Waals surface area contributed by atoms with Gasteiger partial charge >= 0.3 is 17.6 Å². The molecule has 0 radical (unpaired) electrons. The van der Waals surface area contributed by atoms with Crippen molar-refractivity contribution in [2.24, 2.45) is 0 Å². The molecule has 1 saturated heterocycles. The molecule has 1 amide bonds. The van der Waals surface area contributed by atoms with E-state index in [0.717, 1.165) is 4.57 Å². The zero-order valence-corrected chi connectivity index (χ0v) is 19.0. The summed E-state index contributed by atoms with van der Waals surface area (Å²) in [4.78, 5) is 49.5. The fourth-order valence-corrected chi connectivity index (χ4v) is 3.15. The van der Waals surface area contributed by atoms with Gasteiger partial charge in [-0.05, 0) is 6.07 Å². The third-order valence-corrected chi connectivity index (χ3v) is 4.63. The summed E-state index contributed by atoms with van der Waals surface area (Å²) < 4.78 is 27.5. The molecule has 190 valence electrons. The van der Waals surface area contributed by atoms with E-state index in [1.54, 1.807) is 0 Å². The molecule has 0 spiro atoms. The van der Waals surface area contributed by atoms with Crippen molar-refractivity contribution >= 4 is 23.7 Å². The number of anilines is 1. The lowest BCUT2D eigenvalue weighted by Crippen LogP contribution is -2.38. The SMILES string of the molecule is CC(=O)Nc1ccn([C@@H]2O[C@H](CO)[C@@H](O)[C@H]2OCOCCC(COC(C)=O)OC(C)=O)c(=O)n1. The Labute approximate surface area is 194 Å². The fourth-order valence-electron chi connectivity index (χ4n) is 3.15. The summed E-state index contributed by atoms with van der Waals surface area (Å²) in [7, 11) is 0. The topological polar surface area (TPSA) is 185 Å². The van der Waals surface area contributed by atoms with Gasteiger partial charge in [-0.15, -0.1) is 0 Å². The fraction of sp³-hybridized carbons (Fsp3) is 0.650. The van der Waals surface area contributed by atoms with Gasteiger partial charge in [-0.1, -0.05) is 0 Å². The molecule has 0 bridgehead atoms. The highest BCUT2D eigenvalue weighted by Gasteiger charge is 2.45. The Morgan fingerprint density at radius 3 is 2.59 bits per heavy atom. The van der Waals surface area contributed by atoms with Gasteiger partial charge in [0.15, 0.2) is 6.23 Å². The lowest BCUT2D eigenvalue weighted by molar-refractivity contribution is -0.161. The number of nitrogens with one attached hydrogen (secondary N) is 1. The molecule has 2 rings (SSSR count). The van der Waals surface area contributed by atoms with Gasteiger partial charge in [0.1, 0.15) is 43.6 Å². The maximum absolute atomic E-state index is 12.4. The van der Waals surface area contributed by atoms with Gasteiger partial charge in [0.05, 0.1) is 13.2 Å². The molecule has 1 aliphatic heterocycles. The molecule has 1 aliphatic rings. The Bertz CT molecular complexity index is 906. The van der Waals surface area contributed by atoms with Crippen LogP contribution < -0.4 is 11.0 Å². The van der Waals surface area contributed by atoms with Gasteiger partial charge in [-0.25, -0.2) is 4.79 Å². The summed E-state index contributed by atoms with van der Waals surface area (Å²) in [6.07, 6.45) is -3.70. The average molecular weight is 487 g/mol. The van der Waals surface area contributed by atoms with Crippen LogP contribution in [0, 0.1) is 0 Å². The third-order valence-electron chi connectivity index (χ3n) is 4.63. The number of hydrogen-bond donors (Lipinski definition) is 3. The summed E-state index contributed by atoms with van der Waals surface area (Å²) >= 11 is 0. The average Bonchev–Trinajstić information content (AvgIpc) is 3.06. The van der Waals surface area contributed by atoms with Gasteiger partial charge < -0.3 is 39.2 Å². The van der Waals surface area contributed by atoms with Crippen LogP contribution in [-0.2, 0) is 38.1 Å². The van der Waals surface area contributed by atoms with Crippen molar-refractivity contribution in [2.45, 2.75) is 57.8 Å². The number of esters is 2. The number of amides is 1. The van der Waals surface area contributed by atoms with Crippen LogP contribution in [0.25, 0.3) is 0 Å². The van der Waals surface area contributed by atoms with E-state index >= 15 is 0 Å². The van der Waals surface area contributed by atoms with Gasteiger partial charge in [0.2, 0.25) is 5.91 Å². The van der Waals surface area contributed by atoms with Crippen molar-refractivity contribution in [1.82, 2.24) is 9.55 Å². The van der Waals surface area contributed by atoms with E-state index in [1.165, 1.54) is 33.0 Å². The van der Waals surface area contributed by atoms with E-state index in [4.69, 9.17) is 23.7 Å². The van der Waals surface area contributed by atoms with Gasteiger partial charge in [-0.3, -0.25) is 19.0 Å². The number of aliphatic hydroxyl groups is 2. The highest BCUT2D eigenvalue weighted by Crippen LogP contribution is 2.30. The lowest BCUT2D eigenvalue weighted by Gasteiger charge is -2.22. The predicted octanol–water partition coefficient (Wildman–Crippen LogP) is -1.30. The van der Waals surface area contributed by atoms with Crippen LogP contribution in [0.5, 0.6) is 0 Å². The molecule has 1 fully saturated rings. The minimum Gasteiger partial charge on any atom is -0.462 e. The molecule has 0 saturated carbocycles. The first-order chi connectivity index (χ1) is 16.1. The largest absolute Gasteiger partial charge is 0.462 e. The van der Waals surface area contributed by atoms with E-state index in [1.807, 2.05) is 0 Å². The number of aliphatic hydroxyl groups excluding tert-OH is 2. The second kappa shape index (κ2) is 13.1. The highest BCUT2D eigenvalue weighted by molar-refractivity contribution is 5.87. The number of aromatic nitrogens is 2. The quantitative estimate of drug-likeness (QED) is 0.180. The molecular formula is C20H29N3O11. The number of hydrogen-bond acceptors (Lipinski definition) is 12. The van der Waals surface area contributed by atoms with E-state index in [2.05, 4.69) is 10.3 Å². The molecule has 0 aliphatic carbocycles. The van der Waals surface area contributed by atoms with E-state index < -0.39 is 60.8 Å². The number of nitrogens with zero attached hydrogens (tertiary/aromatic N) is 2. The standard InChI is InChI=1S/C20H29N3O11/c1-11(25)21-16-4-6-23(20(29)22-16)19-18(17(28)15(8-24)34-19)32-10-30-7-5-14(33-13(3)27)9-31-12(2)26/h4,6,14-15,17-19,24,28H,5,7-10H2,1-3H3,(H,21,22,25,29)/t14?,15-,17-,18-,19-/m1/s1. The molecule has 14 heteroatoms. The zero-order valence-electron chi connectivity index (χ0n) is 19.0. The second-order valence-electron chi connectivity index (χ2n) is 7.40. The summed E-state index contributed by atoms with van der Waals surface area (Å²) in [5.41, 5.74) is -0.772. The van der Waals surface area contributed by atoms with Crippen LogP contribution in [0.1, 0.15) is 33.4 Å². The Hall–Kier alpha value is -2.91. The molecule has 3 N–H and O–H groups in total. The minimum absolute atomic E-state index is 0.0443. The number of rotatable bonds is 12. The van der Waals surface area contributed by atoms with Crippen molar-refractivity contribution < 1.29 is 48.3 Å². The molecule has 14 nitrogen and oxygen atoms in total.